The molecule has 0 fully saturated rings. The third kappa shape index (κ3) is 2.80. The Morgan fingerprint density at radius 2 is 1.41 bits per heavy atom. The maximum absolute atomic E-state index is 6.57. The molecular weight excluding hydrogens is 478 g/mol. The van der Waals surface area contributed by atoms with Gasteiger partial charge in [-0.05, 0) is 48.0 Å². The molecule has 2 aliphatic rings. The van der Waals surface area contributed by atoms with Crippen LogP contribution in [0.5, 0.6) is 0 Å². The van der Waals surface area contributed by atoms with Gasteiger partial charge in [-0.3, -0.25) is 4.57 Å². The van der Waals surface area contributed by atoms with Gasteiger partial charge in [0.1, 0.15) is 5.58 Å². The van der Waals surface area contributed by atoms with E-state index in [-0.39, 0.29) is 6.04 Å². The summed E-state index contributed by atoms with van der Waals surface area (Å²) >= 11 is 0. The Balaban J connectivity index is 1.28. The van der Waals surface area contributed by atoms with Gasteiger partial charge in [-0.1, -0.05) is 78.9 Å². The van der Waals surface area contributed by atoms with Crippen LogP contribution >= 0.6 is 0 Å². The summed E-state index contributed by atoms with van der Waals surface area (Å²) in [5, 5.41) is 4.59. The Hall–Kier alpha value is -5.09. The summed E-state index contributed by atoms with van der Waals surface area (Å²) in [5.41, 5.74) is 7.72. The predicted octanol–water partition coefficient (Wildman–Crippen LogP) is 8.81. The zero-order valence-corrected chi connectivity index (χ0v) is 21.0. The Kier molecular flexibility index (Phi) is 4.14. The normalized spacial score (nSPS) is 18.0. The average Bonchev–Trinajstić information content (AvgIpc) is 3.65. The van der Waals surface area contributed by atoms with Gasteiger partial charge in [0.05, 0.1) is 17.1 Å². The lowest BCUT2D eigenvalue weighted by Gasteiger charge is -2.28. The van der Waals surface area contributed by atoms with Gasteiger partial charge in [0.15, 0.2) is 11.4 Å². The van der Waals surface area contributed by atoms with E-state index < -0.39 is 0 Å². The van der Waals surface area contributed by atoms with E-state index in [9.17, 15) is 0 Å². The van der Waals surface area contributed by atoms with Crippen LogP contribution in [0.1, 0.15) is 11.5 Å². The van der Waals surface area contributed by atoms with Gasteiger partial charge >= 0.3 is 0 Å². The SMILES string of the molecule is C1=CC2c3ccccc3N(c3ccc4oc5c(-n6c7ccccc7c7ccccc76)nccc5c4c3)C2C=C1. The number of rotatable bonds is 2. The Morgan fingerprint density at radius 1 is 0.667 bits per heavy atom. The minimum Gasteiger partial charge on any atom is -0.452 e. The van der Waals surface area contributed by atoms with E-state index in [4.69, 9.17) is 9.40 Å². The summed E-state index contributed by atoms with van der Waals surface area (Å²) in [4.78, 5) is 7.34. The molecule has 4 heteroatoms. The Morgan fingerprint density at radius 3 is 2.26 bits per heavy atom. The highest BCUT2D eigenvalue weighted by Crippen LogP contribution is 2.48. The van der Waals surface area contributed by atoms with Crippen molar-refractivity contribution in [2.45, 2.75) is 12.0 Å². The van der Waals surface area contributed by atoms with Crippen LogP contribution < -0.4 is 4.90 Å². The van der Waals surface area contributed by atoms with Crippen molar-refractivity contribution in [2.24, 2.45) is 0 Å². The van der Waals surface area contributed by atoms with Gasteiger partial charge in [0.25, 0.3) is 0 Å². The van der Waals surface area contributed by atoms with Crippen molar-refractivity contribution in [1.82, 2.24) is 9.55 Å². The number of allylic oxidation sites excluding steroid dienone is 2. The van der Waals surface area contributed by atoms with Gasteiger partial charge in [-0.15, -0.1) is 0 Å². The number of nitrogens with zero attached hydrogens (tertiary/aromatic N) is 3. The Labute approximate surface area is 224 Å². The largest absolute Gasteiger partial charge is 0.452 e. The van der Waals surface area contributed by atoms with Crippen molar-refractivity contribution in [3.05, 3.63) is 133 Å². The molecule has 2 unspecified atom stereocenters. The van der Waals surface area contributed by atoms with Crippen molar-refractivity contribution in [3.8, 4) is 5.82 Å². The van der Waals surface area contributed by atoms with E-state index in [0.29, 0.717) is 5.92 Å². The van der Waals surface area contributed by atoms with Crippen molar-refractivity contribution < 1.29 is 4.42 Å². The second kappa shape index (κ2) is 7.71. The van der Waals surface area contributed by atoms with Crippen LogP contribution in [0.2, 0.25) is 0 Å². The number of hydrogen-bond acceptors (Lipinski definition) is 3. The molecule has 184 valence electrons. The van der Waals surface area contributed by atoms with Crippen LogP contribution in [0.25, 0.3) is 49.6 Å². The number of furan rings is 1. The topological polar surface area (TPSA) is 34.2 Å². The van der Waals surface area contributed by atoms with Crippen LogP contribution in [0.15, 0.2) is 132 Å². The first-order valence-corrected chi connectivity index (χ1v) is 13.4. The molecule has 7 aromatic rings. The number of aromatic nitrogens is 2. The Bertz CT molecular complexity index is 2110. The molecule has 0 bridgehead atoms. The van der Waals surface area contributed by atoms with Crippen molar-refractivity contribution >= 4 is 55.1 Å². The second-order valence-electron chi connectivity index (χ2n) is 10.4. The third-order valence-electron chi connectivity index (χ3n) is 8.38. The van der Waals surface area contributed by atoms with Crippen molar-refractivity contribution in [3.63, 3.8) is 0 Å². The molecule has 4 nitrogen and oxygen atoms in total. The molecule has 0 spiro atoms. The van der Waals surface area contributed by atoms with Crippen LogP contribution in [0.3, 0.4) is 0 Å². The summed E-state index contributed by atoms with van der Waals surface area (Å²) in [6, 6.07) is 34.7. The highest BCUT2D eigenvalue weighted by molar-refractivity contribution is 6.12. The van der Waals surface area contributed by atoms with Crippen molar-refractivity contribution in [2.75, 3.05) is 4.90 Å². The first-order valence-electron chi connectivity index (χ1n) is 13.4. The average molecular weight is 502 g/mol. The molecule has 4 aromatic carbocycles. The van der Waals surface area contributed by atoms with E-state index in [0.717, 1.165) is 38.8 Å². The first-order chi connectivity index (χ1) is 19.4. The van der Waals surface area contributed by atoms with Crippen LogP contribution in [-0.2, 0) is 0 Å². The molecule has 9 rings (SSSR count). The quantitative estimate of drug-likeness (QED) is 0.237. The number of hydrogen-bond donors (Lipinski definition) is 0. The number of anilines is 2. The molecule has 3 aromatic heterocycles. The summed E-state index contributed by atoms with van der Waals surface area (Å²) in [5.74, 6) is 1.17. The van der Waals surface area contributed by atoms with Gasteiger partial charge in [-0.25, -0.2) is 4.98 Å². The summed E-state index contributed by atoms with van der Waals surface area (Å²) in [6.07, 6.45) is 10.9. The summed E-state index contributed by atoms with van der Waals surface area (Å²) in [7, 11) is 0. The summed E-state index contributed by atoms with van der Waals surface area (Å²) in [6.45, 7) is 0. The molecule has 0 amide bonds. The van der Waals surface area contributed by atoms with Crippen LogP contribution in [0, 0.1) is 0 Å². The van der Waals surface area contributed by atoms with Crippen LogP contribution in [0.4, 0.5) is 11.4 Å². The lowest BCUT2D eigenvalue weighted by atomic mass is 9.91. The van der Waals surface area contributed by atoms with Gasteiger partial charge in [0.2, 0.25) is 0 Å². The summed E-state index contributed by atoms with van der Waals surface area (Å²) < 4.78 is 8.80. The molecule has 0 saturated carbocycles. The predicted molar refractivity (Wildman–Crippen MR) is 159 cm³/mol. The van der Waals surface area contributed by atoms with E-state index in [1.165, 1.54) is 27.7 Å². The van der Waals surface area contributed by atoms with E-state index in [1.807, 2.05) is 6.20 Å². The van der Waals surface area contributed by atoms with E-state index >= 15 is 0 Å². The molecule has 1 aliphatic heterocycles. The number of benzene rings is 4. The van der Waals surface area contributed by atoms with E-state index in [1.54, 1.807) is 0 Å². The smallest absolute Gasteiger partial charge is 0.181 e. The lowest BCUT2D eigenvalue weighted by Crippen LogP contribution is -2.28. The fourth-order valence-electron chi connectivity index (χ4n) is 6.73. The lowest BCUT2D eigenvalue weighted by molar-refractivity contribution is 0.663. The standard InChI is InChI=1S/C35H23N3O/c1-5-13-29-23(9-1)24-10-2-6-14-30(24)37(29)22-17-18-33-28(21-22)27-19-20-36-35(34(27)39-33)38-31-15-7-3-11-25(31)26-12-4-8-16-32(26)38/h1-21,23,29H. The minimum absolute atomic E-state index is 0.262. The highest BCUT2D eigenvalue weighted by Gasteiger charge is 2.37. The zero-order chi connectivity index (χ0) is 25.5. The fourth-order valence-corrected chi connectivity index (χ4v) is 6.73. The van der Waals surface area contributed by atoms with Crippen LogP contribution in [-0.4, -0.2) is 15.6 Å². The molecule has 4 heterocycles. The third-order valence-corrected chi connectivity index (χ3v) is 8.38. The molecule has 39 heavy (non-hydrogen) atoms. The molecular formula is C35H23N3O. The number of para-hydroxylation sites is 3. The monoisotopic (exact) mass is 501 g/mol. The number of fused-ring (bicyclic) bond motifs is 9. The molecule has 0 N–H and O–H groups in total. The second-order valence-corrected chi connectivity index (χ2v) is 10.4. The van der Waals surface area contributed by atoms with E-state index in [2.05, 4.69) is 131 Å². The molecule has 0 radical (unpaired) electrons. The van der Waals surface area contributed by atoms with Gasteiger partial charge < -0.3 is 9.32 Å². The molecule has 1 aliphatic carbocycles. The molecule has 2 atom stereocenters. The highest BCUT2D eigenvalue weighted by atomic mass is 16.3. The number of pyridine rings is 1. The fraction of sp³-hybridized carbons (Fsp3) is 0.0571. The molecule has 0 saturated heterocycles. The van der Waals surface area contributed by atoms with Crippen molar-refractivity contribution in [1.29, 1.82) is 0 Å². The zero-order valence-electron chi connectivity index (χ0n) is 21.0. The first kappa shape index (κ1) is 20.9. The minimum atomic E-state index is 0.262. The van der Waals surface area contributed by atoms with Gasteiger partial charge in [0, 0.05) is 45.0 Å². The van der Waals surface area contributed by atoms with Gasteiger partial charge in [-0.2, -0.15) is 0 Å². The maximum Gasteiger partial charge on any atom is 0.181 e. The maximum atomic E-state index is 6.57.